The van der Waals surface area contributed by atoms with Crippen LogP contribution in [0.1, 0.15) is 29.2 Å². The van der Waals surface area contributed by atoms with Crippen LogP contribution in [-0.4, -0.2) is 37.4 Å². The number of rotatable bonds is 2. The van der Waals surface area contributed by atoms with E-state index in [4.69, 9.17) is 16.6 Å². The van der Waals surface area contributed by atoms with Crippen LogP contribution in [-0.2, 0) is 25.8 Å². The average molecular weight is 354 g/mol. The van der Waals surface area contributed by atoms with E-state index in [9.17, 15) is 0 Å². The van der Waals surface area contributed by atoms with E-state index in [0.29, 0.717) is 6.04 Å². The third-order valence-corrected chi connectivity index (χ3v) is 5.80. The molecule has 6 heteroatoms. The molecule has 2 aliphatic rings. The van der Waals surface area contributed by atoms with Gasteiger partial charge in [0, 0.05) is 43.2 Å². The van der Waals surface area contributed by atoms with Gasteiger partial charge >= 0.3 is 0 Å². The predicted octanol–water partition coefficient (Wildman–Crippen LogP) is 3.37. The highest BCUT2D eigenvalue weighted by atomic mass is 35.5. The highest BCUT2D eigenvalue weighted by Gasteiger charge is 2.29. The molecule has 1 aliphatic heterocycles. The minimum absolute atomic E-state index is 0.577. The summed E-state index contributed by atoms with van der Waals surface area (Å²) >= 11 is 6.33. The molecule has 0 amide bonds. The molecule has 5 rings (SSSR count). The van der Waals surface area contributed by atoms with Crippen molar-refractivity contribution in [2.45, 2.75) is 38.3 Å². The lowest BCUT2D eigenvalue weighted by atomic mass is 9.93. The number of nitrogens with zero attached hydrogens (tertiary/aromatic N) is 3. The van der Waals surface area contributed by atoms with Crippen LogP contribution in [0.4, 0.5) is 0 Å². The van der Waals surface area contributed by atoms with Gasteiger partial charge in [-0.05, 0) is 25.0 Å². The molecule has 2 N–H and O–H groups in total. The van der Waals surface area contributed by atoms with E-state index in [2.05, 4.69) is 19.9 Å². The van der Waals surface area contributed by atoms with Gasteiger partial charge in [-0.15, -0.1) is 0 Å². The summed E-state index contributed by atoms with van der Waals surface area (Å²) in [5.41, 5.74) is 5.95. The van der Waals surface area contributed by atoms with Crippen molar-refractivity contribution in [3.63, 3.8) is 0 Å². The molecule has 1 unspecified atom stereocenters. The van der Waals surface area contributed by atoms with Crippen LogP contribution in [0.25, 0.3) is 11.4 Å². The Hall–Kier alpha value is -2.11. The van der Waals surface area contributed by atoms with Gasteiger partial charge in [0.15, 0.2) is 0 Å². The van der Waals surface area contributed by atoms with E-state index in [0.717, 1.165) is 48.8 Å². The fraction of sp³-hybridized carbons (Fsp3) is 0.368. The van der Waals surface area contributed by atoms with Gasteiger partial charge in [-0.1, -0.05) is 23.7 Å². The van der Waals surface area contributed by atoms with Crippen LogP contribution in [0.15, 0.2) is 30.6 Å². The van der Waals surface area contributed by atoms with Crippen LogP contribution in [0, 0.1) is 0 Å². The molecular weight excluding hydrogens is 334 g/mol. The van der Waals surface area contributed by atoms with Gasteiger partial charge in [-0.25, -0.2) is 9.97 Å². The molecule has 1 atom stereocenters. The fourth-order valence-corrected chi connectivity index (χ4v) is 4.33. The fourth-order valence-electron chi connectivity index (χ4n) is 4.10. The molecule has 3 aromatic rings. The number of aromatic amines is 2. The van der Waals surface area contributed by atoms with E-state index in [1.54, 1.807) is 0 Å². The Morgan fingerprint density at radius 1 is 1.12 bits per heavy atom. The van der Waals surface area contributed by atoms with Crippen molar-refractivity contribution >= 4 is 11.6 Å². The van der Waals surface area contributed by atoms with Crippen LogP contribution < -0.4 is 0 Å². The summed E-state index contributed by atoms with van der Waals surface area (Å²) < 4.78 is 0. The zero-order valence-electron chi connectivity index (χ0n) is 13.9. The first-order valence-corrected chi connectivity index (χ1v) is 9.23. The van der Waals surface area contributed by atoms with Crippen molar-refractivity contribution in [3.05, 3.63) is 58.4 Å². The molecule has 2 aromatic heterocycles. The van der Waals surface area contributed by atoms with Crippen molar-refractivity contribution in [2.75, 3.05) is 6.54 Å². The largest absolute Gasteiger partial charge is 0.348 e. The normalized spacial score (nSPS) is 20.3. The topological polar surface area (TPSA) is 60.6 Å². The Labute approximate surface area is 151 Å². The molecule has 128 valence electrons. The molecule has 5 nitrogen and oxygen atoms in total. The van der Waals surface area contributed by atoms with Crippen molar-refractivity contribution in [2.24, 2.45) is 0 Å². The van der Waals surface area contributed by atoms with Crippen LogP contribution in [0.5, 0.6) is 0 Å². The van der Waals surface area contributed by atoms with Crippen molar-refractivity contribution < 1.29 is 0 Å². The van der Waals surface area contributed by atoms with Gasteiger partial charge in [0.2, 0.25) is 0 Å². The Morgan fingerprint density at radius 3 is 2.96 bits per heavy atom. The van der Waals surface area contributed by atoms with E-state index in [1.807, 2.05) is 30.6 Å². The van der Waals surface area contributed by atoms with E-state index < -0.39 is 0 Å². The molecule has 25 heavy (non-hydrogen) atoms. The van der Waals surface area contributed by atoms with E-state index in [-0.39, 0.29) is 0 Å². The summed E-state index contributed by atoms with van der Waals surface area (Å²) in [6, 6.07) is 8.45. The first-order valence-electron chi connectivity index (χ1n) is 8.86. The quantitative estimate of drug-likeness (QED) is 0.742. The molecule has 0 radical (unpaired) electrons. The van der Waals surface area contributed by atoms with Crippen molar-refractivity contribution in [1.82, 2.24) is 24.8 Å². The number of aromatic nitrogens is 4. The number of halogens is 1. The van der Waals surface area contributed by atoms with E-state index >= 15 is 0 Å². The number of benzene rings is 1. The minimum Gasteiger partial charge on any atom is -0.348 e. The number of H-pyrrole nitrogens is 2. The molecule has 0 spiro atoms. The average Bonchev–Trinajstić information content (AvgIpc) is 3.27. The van der Waals surface area contributed by atoms with Gasteiger partial charge in [0.1, 0.15) is 5.82 Å². The number of nitrogens with one attached hydrogen (secondary N) is 2. The second kappa shape index (κ2) is 6.00. The lowest BCUT2D eigenvalue weighted by Crippen LogP contribution is -2.42. The van der Waals surface area contributed by atoms with Crippen LogP contribution >= 0.6 is 11.6 Å². The number of hydrogen-bond acceptors (Lipinski definition) is 3. The monoisotopic (exact) mass is 353 g/mol. The smallest absolute Gasteiger partial charge is 0.139 e. The molecule has 0 saturated carbocycles. The first-order chi connectivity index (χ1) is 12.3. The molecule has 0 bridgehead atoms. The molecule has 0 fully saturated rings. The van der Waals surface area contributed by atoms with Crippen molar-refractivity contribution in [3.8, 4) is 11.4 Å². The highest BCUT2D eigenvalue weighted by Crippen LogP contribution is 2.30. The van der Waals surface area contributed by atoms with Gasteiger partial charge in [-0.3, -0.25) is 4.90 Å². The maximum Gasteiger partial charge on any atom is 0.139 e. The van der Waals surface area contributed by atoms with Gasteiger partial charge in [0.05, 0.1) is 28.4 Å². The van der Waals surface area contributed by atoms with Crippen LogP contribution in [0.2, 0.25) is 5.02 Å². The predicted molar refractivity (Wildman–Crippen MR) is 97.5 cm³/mol. The highest BCUT2D eigenvalue weighted by molar-refractivity contribution is 6.33. The number of aryl methyl sites for hydroxylation is 1. The molecule has 0 saturated heterocycles. The summed E-state index contributed by atoms with van der Waals surface area (Å²) in [5, 5.41) is 0.740. The number of hydrogen-bond donors (Lipinski definition) is 2. The number of fused-ring (bicyclic) bond motifs is 2. The third-order valence-electron chi connectivity index (χ3n) is 5.47. The SMILES string of the molecule is Clc1ccccc1-c1nc2c([nH]1)CN(C1CCc3nc[nH]c3C1)CC2. The molecule has 3 heterocycles. The summed E-state index contributed by atoms with van der Waals surface area (Å²) in [4.78, 5) is 18.6. The van der Waals surface area contributed by atoms with Gasteiger partial charge in [0.25, 0.3) is 0 Å². The van der Waals surface area contributed by atoms with Gasteiger partial charge in [-0.2, -0.15) is 0 Å². The maximum atomic E-state index is 6.33. The van der Waals surface area contributed by atoms with Crippen molar-refractivity contribution in [1.29, 1.82) is 0 Å². The minimum atomic E-state index is 0.577. The summed E-state index contributed by atoms with van der Waals surface area (Å²) in [6.45, 7) is 1.99. The third kappa shape index (κ3) is 2.68. The first kappa shape index (κ1) is 15.2. The molecular formula is C19H20ClN5. The molecule has 1 aromatic carbocycles. The Bertz CT molecular complexity index is 912. The Kier molecular flexibility index (Phi) is 3.64. The maximum absolute atomic E-state index is 6.33. The van der Waals surface area contributed by atoms with Crippen LogP contribution in [0.3, 0.4) is 0 Å². The molecule has 1 aliphatic carbocycles. The zero-order valence-corrected chi connectivity index (χ0v) is 14.7. The lowest BCUT2D eigenvalue weighted by molar-refractivity contribution is 0.159. The Balaban J connectivity index is 1.38. The second-order valence-electron chi connectivity index (χ2n) is 6.94. The second-order valence-corrected chi connectivity index (χ2v) is 7.34. The summed E-state index contributed by atoms with van der Waals surface area (Å²) in [6.07, 6.45) is 6.13. The lowest BCUT2D eigenvalue weighted by Gasteiger charge is -2.35. The summed E-state index contributed by atoms with van der Waals surface area (Å²) in [5.74, 6) is 0.886. The number of imidazole rings is 2. The summed E-state index contributed by atoms with van der Waals surface area (Å²) in [7, 11) is 0. The van der Waals surface area contributed by atoms with Gasteiger partial charge < -0.3 is 9.97 Å². The Morgan fingerprint density at radius 2 is 2.04 bits per heavy atom. The zero-order chi connectivity index (χ0) is 16.8. The van der Waals surface area contributed by atoms with E-state index in [1.165, 1.54) is 29.2 Å². The standard InChI is InChI=1S/C19H20ClN5/c20-14-4-2-1-3-13(14)19-23-16-7-8-25(10-18(16)24-19)12-5-6-15-17(9-12)22-11-21-15/h1-4,11-12H,5-10H2,(H,21,22)(H,23,24).